The number of piperidine rings is 1. The third-order valence-electron chi connectivity index (χ3n) is 5.12. The summed E-state index contributed by atoms with van der Waals surface area (Å²) in [5.74, 6) is 1.71. The number of methoxy groups -OCH3 is 1. The number of nitrogens with one attached hydrogen (secondary N) is 1. The molecule has 1 atom stereocenters. The van der Waals surface area contributed by atoms with Crippen molar-refractivity contribution in [3.05, 3.63) is 60.0 Å². The smallest absolute Gasteiger partial charge is 0.322 e. The van der Waals surface area contributed by atoms with Crippen molar-refractivity contribution < 1.29 is 14.1 Å². The maximum Gasteiger partial charge on any atom is 0.322 e. The van der Waals surface area contributed by atoms with Crippen LogP contribution >= 0.6 is 0 Å². The Morgan fingerprint density at radius 1 is 1.21 bits per heavy atom. The van der Waals surface area contributed by atoms with Crippen LogP contribution in [0.4, 0.5) is 10.5 Å². The molecule has 1 fully saturated rings. The van der Waals surface area contributed by atoms with E-state index in [0.29, 0.717) is 29.7 Å². The molecule has 1 aliphatic rings. The SMILES string of the molecule is COc1cccc(NC(=O)N2CCCCC2c2nc(-c3ccc(C)cc3)no2)c1. The topological polar surface area (TPSA) is 80.5 Å². The van der Waals surface area contributed by atoms with Crippen molar-refractivity contribution in [2.24, 2.45) is 0 Å². The zero-order chi connectivity index (χ0) is 20.2. The van der Waals surface area contributed by atoms with Gasteiger partial charge in [0.05, 0.1) is 7.11 Å². The average Bonchev–Trinajstić information content (AvgIpc) is 3.24. The number of carbonyl (C=O) groups excluding carboxylic acids is 1. The number of anilines is 1. The number of likely N-dealkylation sites (tertiary alicyclic amines) is 1. The third-order valence-corrected chi connectivity index (χ3v) is 5.12. The van der Waals surface area contributed by atoms with Crippen LogP contribution in [0.5, 0.6) is 5.75 Å². The Morgan fingerprint density at radius 3 is 2.83 bits per heavy atom. The van der Waals surface area contributed by atoms with Crippen LogP contribution in [0, 0.1) is 6.92 Å². The Morgan fingerprint density at radius 2 is 2.03 bits per heavy atom. The number of nitrogens with zero attached hydrogens (tertiary/aromatic N) is 3. The largest absolute Gasteiger partial charge is 0.497 e. The van der Waals surface area contributed by atoms with E-state index < -0.39 is 0 Å². The first kappa shape index (κ1) is 19.0. The van der Waals surface area contributed by atoms with E-state index >= 15 is 0 Å². The molecule has 7 heteroatoms. The fourth-order valence-corrected chi connectivity index (χ4v) is 3.52. The minimum atomic E-state index is -0.235. The number of urea groups is 1. The molecule has 29 heavy (non-hydrogen) atoms. The van der Waals surface area contributed by atoms with Crippen LogP contribution in [0.25, 0.3) is 11.4 Å². The molecule has 4 rings (SSSR count). The predicted molar refractivity (Wildman–Crippen MR) is 110 cm³/mol. The Balaban J connectivity index is 1.53. The molecule has 150 valence electrons. The van der Waals surface area contributed by atoms with Crippen LogP contribution in [0.1, 0.15) is 36.8 Å². The minimum absolute atomic E-state index is 0.182. The highest BCUT2D eigenvalue weighted by Crippen LogP contribution is 2.32. The Bertz CT molecular complexity index is 984. The molecule has 1 N–H and O–H groups in total. The number of aromatic nitrogens is 2. The number of rotatable bonds is 4. The number of ether oxygens (including phenoxy) is 1. The van der Waals surface area contributed by atoms with Crippen molar-refractivity contribution in [1.82, 2.24) is 15.0 Å². The summed E-state index contributed by atoms with van der Waals surface area (Å²) in [6, 6.07) is 14.9. The zero-order valence-corrected chi connectivity index (χ0v) is 16.6. The van der Waals surface area contributed by atoms with Gasteiger partial charge in [-0.2, -0.15) is 4.98 Å². The third kappa shape index (κ3) is 4.23. The molecule has 1 aromatic heterocycles. The van der Waals surface area contributed by atoms with E-state index in [4.69, 9.17) is 9.26 Å². The lowest BCUT2D eigenvalue weighted by Crippen LogP contribution is -2.41. The van der Waals surface area contributed by atoms with Crippen molar-refractivity contribution in [3.8, 4) is 17.1 Å². The quantitative estimate of drug-likeness (QED) is 0.689. The van der Waals surface area contributed by atoms with Gasteiger partial charge in [0.15, 0.2) is 0 Å². The maximum absolute atomic E-state index is 12.9. The van der Waals surface area contributed by atoms with E-state index in [1.165, 1.54) is 5.56 Å². The summed E-state index contributed by atoms with van der Waals surface area (Å²) in [5.41, 5.74) is 2.75. The van der Waals surface area contributed by atoms with Gasteiger partial charge >= 0.3 is 6.03 Å². The lowest BCUT2D eigenvalue weighted by atomic mass is 10.0. The lowest BCUT2D eigenvalue weighted by molar-refractivity contribution is 0.142. The highest BCUT2D eigenvalue weighted by Gasteiger charge is 2.32. The second kappa shape index (κ2) is 8.34. The standard InChI is InChI=1S/C22H24N4O3/c1-15-9-11-16(12-10-15)20-24-21(29-25-20)19-8-3-4-13-26(19)22(27)23-17-6-5-7-18(14-17)28-2/h5-7,9-12,14,19H,3-4,8,13H2,1-2H3,(H,23,27). The van der Waals surface area contributed by atoms with E-state index in [1.807, 2.05) is 49.4 Å². The average molecular weight is 392 g/mol. The molecule has 2 amide bonds. The molecular weight excluding hydrogens is 368 g/mol. The highest BCUT2D eigenvalue weighted by atomic mass is 16.5. The first-order valence-electron chi connectivity index (χ1n) is 9.76. The van der Waals surface area contributed by atoms with Gasteiger partial charge < -0.3 is 19.5 Å². The van der Waals surface area contributed by atoms with Crippen molar-refractivity contribution in [3.63, 3.8) is 0 Å². The van der Waals surface area contributed by atoms with Crippen LogP contribution in [0.2, 0.25) is 0 Å². The van der Waals surface area contributed by atoms with Crippen LogP contribution < -0.4 is 10.1 Å². The molecule has 1 saturated heterocycles. The predicted octanol–water partition coefficient (Wildman–Crippen LogP) is 4.81. The number of benzene rings is 2. The molecule has 0 spiro atoms. The Labute approximate surface area is 169 Å². The van der Waals surface area contributed by atoms with Gasteiger partial charge in [-0.1, -0.05) is 41.1 Å². The number of hydrogen-bond donors (Lipinski definition) is 1. The second-order valence-electron chi connectivity index (χ2n) is 7.19. The van der Waals surface area contributed by atoms with Gasteiger partial charge in [-0.3, -0.25) is 0 Å². The molecule has 0 bridgehead atoms. The van der Waals surface area contributed by atoms with Crippen LogP contribution in [-0.4, -0.2) is 34.7 Å². The van der Waals surface area contributed by atoms with Crippen molar-refractivity contribution >= 4 is 11.7 Å². The molecule has 0 radical (unpaired) electrons. The van der Waals surface area contributed by atoms with Crippen molar-refractivity contribution in [2.75, 3.05) is 19.0 Å². The maximum atomic E-state index is 12.9. The molecule has 3 aromatic rings. The molecule has 2 aromatic carbocycles. The Kier molecular flexibility index (Phi) is 5.46. The van der Waals surface area contributed by atoms with Gasteiger partial charge in [-0.05, 0) is 38.3 Å². The minimum Gasteiger partial charge on any atom is -0.497 e. The summed E-state index contributed by atoms with van der Waals surface area (Å²) in [4.78, 5) is 19.3. The second-order valence-corrected chi connectivity index (χ2v) is 7.19. The summed E-state index contributed by atoms with van der Waals surface area (Å²) < 4.78 is 10.8. The fraction of sp³-hybridized carbons (Fsp3) is 0.318. The van der Waals surface area contributed by atoms with E-state index in [1.54, 1.807) is 18.1 Å². The monoisotopic (exact) mass is 392 g/mol. The molecule has 0 aliphatic carbocycles. The van der Waals surface area contributed by atoms with Gasteiger partial charge in [0.2, 0.25) is 11.7 Å². The van der Waals surface area contributed by atoms with Crippen molar-refractivity contribution in [2.45, 2.75) is 32.2 Å². The molecular formula is C22H24N4O3. The molecule has 0 saturated carbocycles. The van der Waals surface area contributed by atoms with E-state index in [0.717, 1.165) is 24.8 Å². The number of aryl methyl sites for hydroxylation is 1. The summed E-state index contributed by atoms with van der Waals surface area (Å²) in [6.45, 7) is 2.68. The van der Waals surface area contributed by atoms with Gasteiger partial charge in [-0.15, -0.1) is 0 Å². The van der Waals surface area contributed by atoms with Gasteiger partial charge in [0.1, 0.15) is 11.8 Å². The number of carbonyl (C=O) groups is 1. The van der Waals surface area contributed by atoms with Crippen molar-refractivity contribution in [1.29, 1.82) is 0 Å². The Hall–Kier alpha value is -3.35. The van der Waals surface area contributed by atoms with Crippen LogP contribution in [0.3, 0.4) is 0 Å². The number of amides is 2. The molecule has 1 unspecified atom stereocenters. The summed E-state index contributed by atoms with van der Waals surface area (Å²) in [6.07, 6.45) is 2.75. The summed E-state index contributed by atoms with van der Waals surface area (Å²) >= 11 is 0. The van der Waals surface area contributed by atoms with E-state index in [2.05, 4.69) is 15.5 Å². The summed E-state index contributed by atoms with van der Waals surface area (Å²) in [5, 5.41) is 7.08. The lowest BCUT2D eigenvalue weighted by Gasteiger charge is -2.33. The van der Waals surface area contributed by atoms with Gasteiger partial charge in [-0.25, -0.2) is 4.79 Å². The summed E-state index contributed by atoms with van der Waals surface area (Å²) in [7, 11) is 1.60. The van der Waals surface area contributed by atoms with Crippen LogP contribution in [-0.2, 0) is 0 Å². The molecule has 2 heterocycles. The normalized spacial score (nSPS) is 16.5. The highest BCUT2D eigenvalue weighted by molar-refractivity contribution is 5.89. The van der Waals surface area contributed by atoms with E-state index in [-0.39, 0.29) is 12.1 Å². The fourth-order valence-electron chi connectivity index (χ4n) is 3.52. The van der Waals surface area contributed by atoms with E-state index in [9.17, 15) is 4.79 Å². The zero-order valence-electron chi connectivity index (χ0n) is 16.6. The van der Waals surface area contributed by atoms with Gasteiger partial charge in [0, 0.05) is 23.9 Å². The first-order valence-corrected chi connectivity index (χ1v) is 9.76. The van der Waals surface area contributed by atoms with Crippen LogP contribution in [0.15, 0.2) is 53.1 Å². The van der Waals surface area contributed by atoms with Gasteiger partial charge in [0.25, 0.3) is 0 Å². The molecule has 7 nitrogen and oxygen atoms in total. The first-order chi connectivity index (χ1) is 14.1. The molecule has 1 aliphatic heterocycles. The number of hydrogen-bond acceptors (Lipinski definition) is 5.